The minimum Gasteiger partial charge on any atom is -0.359 e. The van der Waals surface area contributed by atoms with Crippen molar-refractivity contribution in [3.8, 4) is 0 Å². The summed E-state index contributed by atoms with van der Waals surface area (Å²) in [5, 5.41) is 0. The summed E-state index contributed by atoms with van der Waals surface area (Å²) in [6.45, 7) is 15.8. The van der Waals surface area contributed by atoms with E-state index in [-0.39, 0.29) is 12.5 Å². The number of rotatable bonds is 10. The van der Waals surface area contributed by atoms with Crippen LogP contribution in [0.25, 0.3) is 0 Å². The maximum absolute atomic E-state index is 5.80. The van der Waals surface area contributed by atoms with Crippen LogP contribution in [0.1, 0.15) is 41.5 Å². The van der Waals surface area contributed by atoms with Crippen molar-refractivity contribution in [2.45, 2.75) is 54.0 Å². The highest BCUT2D eigenvalue weighted by Gasteiger charge is 2.21. The van der Waals surface area contributed by atoms with E-state index < -0.39 is 0 Å². The van der Waals surface area contributed by atoms with Crippen molar-refractivity contribution in [3.63, 3.8) is 0 Å². The standard InChI is InChI=1S/C18H32N2O2/c1-7-19(15(5)21-9-3)17-13-11-12-14-18(17)20(8-2)16(6)22-10-4/h11-16H,7-10H2,1-6H3. The Morgan fingerprint density at radius 1 is 0.773 bits per heavy atom. The summed E-state index contributed by atoms with van der Waals surface area (Å²) in [6, 6.07) is 8.49. The maximum atomic E-state index is 5.80. The summed E-state index contributed by atoms with van der Waals surface area (Å²) in [5.74, 6) is 0. The molecule has 0 aliphatic heterocycles. The van der Waals surface area contributed by atoms with E-state index in [1.54, 1.807) is 0 Å². The van der Waals surface area contributed by atoms with E-state index in [2.05, 4.69) is 61.8 Å². The Balaban J connectivity index is 3.15. The zero-order valence-electron chi connectivity index (χ0n) is 15.0. The third-order valence-corrected chi connectivity index (χ3v) is 3.88. The molecular weight excluding hydrogens is 276 g/mol. The minimum atomic E-state index is 0.0530. The highest BCUT2D eigenvalue weighted by Crippen LogP contribution is 2.32. The van der Waals surface area contributed by atoms with Gasteiger partial charge in [-0.2, -0.15) is 0 Å². The normalized spacial score (nSPS) is 13.7. The first-order chi connectivity index (χ1) is 10.6. The summed E-state index contributed by atoms with van der Waals surface area (Å²) >= 11 is 0. The van der Waals surface area contributed by atoms with Gasteiger partial charge in [0.15, 0.2) is 0 Å². The van der Waals surface area contributed by atoms with Gasteiger partial charge in [-0.25, -0.2) is 0 Å². The SMILES string of the molecule is CCOC(C)N(CC)c1ccccc1N(CC)C(C)OCC. The first-order valence-corrected chi connectivity index (χ1v) is 8.46. The Kier molecular flexibility index (Phi) is 8.28. The topological polar surface area (TPSA) is 24.9 Å². The van der Waals surface area contributed by atoms with Crippen molar-refractivity contribution in [3.05, 3.63) is 24.3 Å². The molecule has 0 saturated carbocycles. The maximum Gasteiger partial charge on any atom is 0.127 e. The molecule has 4 heteroatoms. The molecule has 0 amide bonds. The molecule has 4 nitrogen and oxygen atoms in total. The van der Waals surface area contributed by atoms with Crippen LogP contribution in [0.5, 0.6) is 0 Å². The van der Waals surface area contributed by atoms with Crippen LogP contribution in [0.15, 0.2) is 24.3 Å². The molecule has 0 aliphatic carbocycles. The lowest BCUT2D eigenvalue weighted by Gasteiger charge is -2.36. The summed E-state index contributed by atoms with van der Waals surface area (Å²) < 4.78 is 11.6. The van der Waals surface area contributed by atoms with Gasteiger partial charge in [0.05, 0.1) is 11.4 Å². The fraction of sp³-hybridized carbons (Fsp3) is 0.667. The fourth-order valence-electron chi connectivity index (χ4n) is 2.86. The monoisotopic (exact) mass is 308 g/mol. The van der Waals surface area contributed by atoms with Crippen molar-refractivity contribution in [2.75, 3.05) is 36.1 Å². The van der Waals surface area contributed by atoms with Gasteiger partial charge in [-0.1, -0.05) is 12.1 Å². The second kappa shape index (κ2) is 9.70. The van der Waals surface area contributed by atoms with E-state index in [9.17, 15) is 0 Å². The fourth-order valence-corrected chi connectivity index (χ4v) is 2.86. The largest absolute Gasteiger partial charge is 0.359 e. The molecule has 2 unspecified atom stereocenters. The van der Waals surface area contributed by atoms with Crippen LogP contribution < -0.4 is 9.80 Å². The molecule has 1 aromatic carbocycles. The highest BCUT2D eigenvalue weighted by atomic mass is 16.5. The molecule has 1 rings (SSSR count). The van der Waals surface area contributed by atoms with Gasteiger partial charge in [-0.05, 0) is 53.7 Å². The number of para-hydroxylation sites is 2. The molecule has 126 valence electrons. The predicted molar refractivity (Wildman–Crippen MR) is 94.7 cm³/mol. The van der Waals surface area contributed by atoms with Crippen molar-refractivity contribution in [1.82, 2.24) is 0 Å². The summed E-state index contributed by atoms with van der Waals surface area (Å²) in [5.41, 5.74) is 2.39. The zero-order valence-corrected chi connectivity index (χ0v) is 15.0. The number of anilines is 2. The van der Waals surface area contributed by atoms with E-state index in [1.165, 1.54) is 11.4 Å². The molecule has 0 aromatic heterocycles. The Morgan fingerprint density at radius 2 is 1.14 bits per heavy atom. The van der Waals surface area contributed by atoms with Crippen LogP contribution in [0.3, 0.4) is 0 Å². The molecule has 1 aromatic rings. The Hall–Kier alpha value is -1.26. The number of ether oxygens (including phenoxy) is 2. The highest BCUT2D eigenvalue weighted by molar-refractivity contribution is 5.71. The summed E-state index contributed by atoms with van der Waals surface area (Å²) in [6.07, 6.45) is 0.106. The average Bonchev–Trinajstić information content (AvgIpc) is 2.51. The van der Waals surface area contributed by atoms with Gasteiger partial charge < -0.3 is 19.3 Å². The summed E-state index contributed by atoms with van der Waals surface area (Å²) in [4.78, 5) is 4.58. The molecule has 0 N–H and O–H groups in total. The van der Waals surface area contributed by atoms with E-state index in [4.69, 9.17) is 9.47 Å². The van der Waals surface area contributed by atoms with Crippen LogP contribution >= 0.6 is 0 Å². The van der Waals surface area contributed by atoms with Gasteiger partial charge in [-0.3, -0.25) is 0 Å². The lowest BCUT2D eigenvalue weighted by Crippen LogP contribution is -2.39. The summed E-state index contributed by atoms with van der Waals surface area (Å²) in [7, 11) is 0. The van der Waals surface area contributed by atoms with Crippen LogP contribution in [-0.4, -0.2) is 38.8 Å². The molecular formula is C18H32N2O2. The first-order valence-electron chi connectivity index (χ1n) is 8.46. The quantitative estimate of drug-likeness (QED) is 0.607. The van der Waals surface area contributed by atoms with Gasteiger partial charge in [0.2, 0.25) is 0 Å². The molecule has 0 saturated heterocycles. The number of nitrogens with zero attached hydrogens (tertiary/aromatic N) is 2. The van der Waals surface area contributed by atoms with Gasteiger partial charge in [-0.15, -0.1) is 0 Å². The average molecular weight is 308 g/mol. The van der Waals surface area contributed by atoms with E-state index in [1.807, 2.05) is 13.8 Å². The molecule has 0 aliphatic rings. The lowest BCUT2D eigenvalue weighted by molar-refractivity contribution is 0.0713. The Labute approximate surface area is 136 Å². The predicted octanol–water partition coefficient (Wildman–Crippen LogP) is 4.10. The minimum absolute atomic E-state index is 0.0530. The number of hydrogen-bond acceptors (Lipinski definition) is 4. The third kappa shape index (κ3) is 4.62. The van der Waals surface area contributed by atoms with E-state index in [0.29, 0.717) is 13.2 Å². The molecule has 0 spiro atoms. The zero-order chi connectivity index (χ0) is 16.5. The smallest absolute Gasteiger partial charge is 0.127 e. The van der Waals surface area contributed by atoms with Gasteiger partial charge in [0, 0.05) is 26.3 Å². The molecule has 0 bridgehead atoms. The first kappa shape index (κ1) is 18.8. The van der Waals surface area contributed by atoms with Crippen molar-refractivity contribution < 1.29 is 9.47 Å². The second-order valence-electron chi connectivity index (χ2n) is 5.17. The Bertz CT molecular complexity index is 386. The van der Waals surface area contributed by atoms with Gasteiger partial charge in [0.1, 0.15) is 12.5 Å². The van der Waals surface area contributed by atoms with Gasteiger partial charge in [0.25, 0.3) is 0 Å². The lowest BCUT2D eigenvalue weighted by atomic mass is 10.2. The van der Waals surface area contributed by atoms with Crippen LogP contribution in [0, 0.1) is 0 Å². The molecule has 0 radical (unpaired) electrons. The molecule has 2 atom stereocenters. The number of hydrogen-bond donors (Lipinski definition) is 0. The molecule has 22 heavy (non-hydrogen) atoms. The van der Waals surface area contributed by atoms with E-state index in [0.717, 1.165) is 13.1 Å². The molecule has 0 heterocycles. The van der Waals surface area contributed by atoms with Gasteiger partial charge >= 0.3 is 0 Å². The third-order valence-electron chi connectivity index (χ3n) is 3.88. The Morgan fingerprint density at radius 3 is 1.41 bits per heavy atom. The van der Waals surface area contributed by atoms with Crippen molar-refractivity contribution in [2.24, 2.45) is 0 Å². The van der Waals surface area contributed by atoms with Crippen LogP contribution in [-0.2, 0) is 9.47 Å². The molecule has 0 fully saturated rings. The van der Waals surface area contributed by atoms with Crippen molar-refractivity contribution >= 4 is 11.4 Å². The van der Waals surface area contributed by atoms with Crippen LogP contribution in [0.2, 0.25) is 0 Å². The second-order valence-corrected chi connectivity index (χ2v) is 5.17. The number of benzene rings is 1. The van der Waals surface area contributed by atoms with E-state index >= 15 is 0 Å². The van der Waals surface area contributed by atoms with Crippen LogP contribution in [0.4, 0.5) is 11.4 Å². The van der Waals surface area contributed by atoms with Crippen molar-refractivity contribution in [1.29, 1.82) is 0 Å².